The van der Waals surface area contributed by atoms with Crippen LogP contribution < -0.4 is 10.1 Å². The Morgan fingerprint density at radius 2 is 1.30 bits per heavy atom. The second-order valence-electron chi connectivity index (χ2n) is 8.66. The lowest BCUT2D eigenvalue weighted by molar-refractivity contribution is -0.142. The fraction of sp³-hybridized carbons (Fsp3) is 0.161. The highest BCUT2D eigenvalue weighted by Crippen LogP contribution is 2.17. The SMILES string of the molecule is O=C(NCc1ccccc1)C(Cc1ccccc1)N(Cc1ccc(F)cc1)C(=O)COc1ccccc1. The Balaban J connectivity index is 1.60. The standard InChI is InChI=1S/C31H29FN2O3/c32-27-18-16-26(17-19-27)22-34(30(35)23-37-28-14-8-3-9-15-28)29(20-24-10-4-1-5-11-24)31(36)33-21-25-12-6-2-7-13-25/h1-19,29H,20-23H2,(H,33,36). The molecule has 0 aliphatic heterocycles. The Bertz CT molecular complexity index is 1270. The first-order chi connectivity index (χ1) is 18.1. The Morgan fingerprint density at radius 1 is 0.730 bits per heavy atom. The summed E-state index contributed by atoms with van der Waals surface area (Å²) >= 11 is 0. The summed E-state index contributed by atoms with van der Waals surface area (Å²) in [5.74, 6) is -0.423. The predicted molar refractivity (Wildman–Crippen MR) is 141 cm³/mol. The van der Waals surface area contributed by atoms with Gasteiger partial charge in [-0.3, -0.25) is 9.59 Å². The molecule has 0 bridgehead atoms. The lowest BCUT2D eigenvalue weighted by atomic mass is 10.0. The van der Waals surface area contributed by atoms with Crippen LogP contribution in [0, 0.1) is 5.82 Å². The zero-order valence-electron chi connectivity index (χ0n) is 20.4. The molecule has 37 heavy (non-hydrogen) atoms. The molecule has 1 N–H and O–H groups in total. The van der Waals surface area contributed by atoms with E-state index in [-0.39, 0.29) is 30.8 Å². The minimum absolute atomic E-state index is 0.132. The van der Waals surface area contributed by atoms with Gasteiger partial charge in [0.25, 0.3) is 5.91 Å². The molecule has 188 valence electrons. The molecular weight excluding hydrogens is 467 g/mol. The van der Waals surface area contributed by atoms with Crippen molar-refractivity contribution >= 4 is 11.8 Å². The van der Waals surface area contributed by atoms with E-state index in [4.69, 9.17) is 4.74 Å². The fourth-order valence-electron chi connectivity index (χ4n) is 3.99. The number of para-hydroxylation sites is 1. The molecule has 4 aromatic rings. The molecule has 0 aliphatic carbocycles. The first-order valence-electron chi connectivity index (χ1n) is 12.2. The van der Waals surface area contributed by atoms with E-state index >= 15 is 0 Å². The first-order valence-corrected chi connectivity index (χ1v) is 12.2. The van der Waals surface area contributed by atoms with Crippen LogP contribution >= 0.6 is 0 Å². The van der Waals surface area contributed by atoms with Gasteiger partial charge in [-0.1, -0.05) is 91.0 Å². The van der Waals surface area contributed by atoms with Crippen LogP contribution in [0.3, 0.4) is 0 Å². The van der Waals surface area contributed by atoms with E-state index in [0.29, 0.717) is 24.3 Å². The number of rotatable bonds is 11. The molecule has 0 fully saturated rings. The molecule has 0 saturated heterocycles. The highest BCUT2D eigenvalue weighted by molar-refractivity contribution is 5.88. The summed E-state index contributed by atoms with van der Waals surface area (Å²) in [4.78, 5) is 28.6. The molecule has 0 saturated carbocycles. The summed E-state index contributed by atoms with van der Waals surface area (Å²) in [6, 6.07) is 33.4. The van der Waals surface area contributed by atoms with E-state index in [1.54, 1.807) is 24.3 Å². The number of hydrogen-bond donors (Lipinski definition) is 1. The van der Waals surface area contributed by atoms with Crippen molar-refractivity contribution in [1.29, 1.82) is 0 Å². The van der Waals surface area contributed by atoms with Crippen molar-refractivity contribution in [1.82, 2.24) is 10.2 Å². The third-order valence-electron chi connectivity index (χ3n) is 5.95. The molecule has 1 unspecified atom stereocenters. The zero-order valence-corrected chi connectivity index (χ0v) is 20.4. The van der Waals surface area contributed by atoms with Gasteiger partial charge in [-0.05, 0) is 41.0 Å². The average Bonchev–Trinajstić information content (AvgIpc) is 2.95. The summed E-state index contributed by atoms with van der Waals surface area (Å²) in [5.41, 5.74) is 2.59. The average molecular weight is 497 g/mol. The molecule has 2 amide bonds. The molecule has 4 aromatic carbocycles. The van der Waals surface area contributed by atoms with Crippen molar-refractivity contribution < 1.29 is 18.7 Å². The normalized spacial score (nSPS) is 11.4. The smallest absolute Gasteiger partial charge is 0.261 e. The van der Waals surface area contributed by atoms with Gasteiger partial charge in [-0.2, -0.15) is 0 Å². The minimum atomic E-state index is -0.803. The second-order valence-corrected chi connectivity index (χ2v) is 8.66. The lowest BCUT2D eigenvalue weighted by Crippen LogP contribution is -2.51. The van der Waals surface area contributed by atoms with Gasteiger partial charge in [0, 0.05) is 19.5 Å². The van der Waals surface area contributed by atoms with Gasteiger partial charge in [-0.15, -0.1) is 0 Å². The Hall–Kier alpha value is -4.45. The van der Waals surface area contributed by atoms with Gasteiger partial charge in [-0.25, -0.2) is 4.39 Å². The number of benzene rings is 4. The molecule has 0 aliphatic rings. The maximum atomic E-state index is 13.6. The minimum Gasteiger partial charge on any atom is -0.484 e. The number of amides is 2. The molecule has 0 spiro atoms. The fourth-order valence-corrected chi connectivity index (χ4v) is 3.99. The predicted octanol–water partition coefficient (Wildman–Crippen LogP) is 5.16. The largest absolute Gasteiger partial charge is 0.484 e. The maximum absolute atomic E-state index is 13.6. The first kappa shape index (κ1) is 25.6. The number of carbonyl (C=O) groups is 2. The van der Waals surface area contributed by atoms with Crippen LogP contribution in [0.5, 0.6) is 5.75 Å². The zero-order chi connectivity index (χ0) is 25.9. The topological polar surface area (TPSA) is 58.6 Å². The van der Waals surface area contributed by atoms with Gasteiger partial charge in [0.05, 0.1) is 0 Å². The van der Waals surface area contributed by atoms with Gasteiger partial charge in [0.15, 0.2) is 6.61 Å². The Labute approximate surface area is 216 Å². The van der Waals surface area contributed by atoms with E-state index in [2.05, 4.69) is 5.32 Å². The van der Waals surface area contributed by atoms with Crippen LogP contribution in [0.25, 0.3) is 0 Å². The Morgan fingerprint density at radius 3 is 1.92 bits per heavy atom. The van der Waals surface area contributed by atoms with Crippen molar-refractivity contribution in [3.05, 3.63) is 138 Å². The maximum Gasteiger partial charge on any atom is 0.261 e. The van der Waals surface area contributed by atoms with Gasteiger partial charge >= 0.3 is 0 Å². The molecule has 0 radical (unpaired) electrons. The monoisotopic (exact) mass is 496 g/mol. The lowest BCUT2D eigenvalue weighted by Gasteiger charge is -2.31. The Kier molecular flexibility index (Phi) is 9.02. The summed E-state index contributed by atoms with van der Waals surface area (Å²) in [5, 5.41) is 2.99. The van der Waals surface area contributed by atoms with Gasteiger partial charge in [0.2, 0.25) is 5.91 Å². The number of halogens is 1. The van der Waals surface area contributed by atoms with E-state index in [9.17, 15) is 14.0 Å². The van der Waals surface area contributed by atoms with Crippen LogP contribution in [0.1, 0.15) is 16.7 Å². The molecule has 0 heterocycles. The number of nitrogens with one attached hydrogen (secondary N) is 1. The third-order valence-corrected chi connectivity index (χ3v) is 5.95. The van der Waals surface area contributed by atoms with Crippen LogP contribution in [-0.2, 0) is 29.1 Å². The quantitative estimate of drug-likeness (QED) is 0.312. The van der Waals surface area contributed by atoms with Crippen molar-refractivity contribution in [2.75, 3.05) is 6.61 Å². The second kappa shape index (κ2) is 13.0. The number of carbonyl (C=O) groups excluding carboxylic acids is 2. The van der Waals surface area contributed by atoms with E-state index in [0.717, 1.165) is 11.1 Å². The van der Waals surface area contributed by atoms with Crippen LogP contribution in [0.2, 0.25) is 0 Å². The molecular formula is C31H29FN2O3. The van der Waals surface area contributed by atoms with E-state index in [1.165, 1.54) is 17.0 Å². The summed E-state index contributed by atoms with van der Waals surface area (Å²) < 4.78 is 19.3. The van der Waals surface area contributed by atoms with Crippen molar-refractivity contribution in [3.63, 3.8) is 0 Å². The van der Waals surface area contributed by atoms with Crippen LogP contribution in [0.15, 0.2) is 115 Å². The third kappa shape index (κ3) is 7.77. The van der Waals surface area contributed by atoms with Crippen molar-refractivity contribution in [3.8, 4) is 5.75 Å². The van der Waals surface area contributed by atoms with E-state index in [1.807, 2.05) is 78.9 Å². The molecule has 0 aromatic heterocycles. The number of ether oxygens (including phenoxy) is 1. The van der Waals surface area contributed by atoms with Gasteiger partial charge in [0.1, 0.15) is 17.6 Å². The van der Waals surface area contributed by atoms with Crippen molar-refractivity contribution in [2.45, 2.75) is 25.6 Å². The van der Waals surface area contributed by atoms with Crippen LogP contribution in [0.4, 0.5) is 4.39 Å². The summed E-state index contributed by atoms with van der Waals surface area (Å²) in [7, 11) is 0. The highest BCUT2D eigenvalue weighted by atomic mass is 19.1. The molecule has 6 heteroatoms. The van der Waals surface area contributed by atoms with Crippen molar-refractivity contribution in [2.24, 2.45) is 0 Å². The number of nitrogens with zero attached hydrogens (tertiary/aromatic N) is 1. The van der Waals surface area contributed by atoms with E-state index < -0.39 is 6.04 Å². The van der Waals surface area contributed by atoms with Crippen LogP contribution in [-0.4, -0.2) is 29.4 Å². The van der Waals surface area contributed by atoms with Gasteiger partial charge < -0.3 is 15.0 Å². The number of hydrogen-bond acceptors (Lipinski definition) is 3. The molecule has 4 rings (SSSR count). The molecule has 5 nitrogen and oxygen atoms in total. The highest BCUT2D eigenvalue weighted by Gasteiger charge is 2.30. The summed E-state index contributed by atoms with van der Waals surface area (Å²) in [6.07, 6.45) is 0.319. The summed E-state index contributed by atoms with van der Waals surface area (Å²) in [6.45, 7) is 0.236. The molecule has 1 atom stereocenters.